The molecule has 0 atom stereocenters. The number of rotatable bonds is 4. The van der Waals surface area contributed by atoms with Crippen LogP contribution in [-0.4, -0.2) is 18.4 Å². The second-order valence-corrected chi connectivity index (χ2v) is 8.33. The van der Waals surface area contributed by atoms with Crippen molar-refractivity contribution < 1.29 is 9.59 Å². The molecule has 0 spiro atoms. The number of nitrogens with one attached hydrogen (secondary N) is 2. The summed E-state index contributed by atoms with van der Waals surface area (Å²) in [5, 5.41) is 7.43. The Balaban J connectivity index is 1.72. The van der Waals surface area contributed by atoms with E-state index in [4.69, 9.17) is 46.4 Å². The zero-order valence-corrected chi connectivity index (χ0v) is 17.7. The van der Waals surface area contributed by atoms with Crippen molar-refractivity contribution in [2.45, 2.75) is 6.92 Å². The third-order valence-corrected chi connectivity index (χ3v) is 6.36. The Labute approximate surface area is 179 Å². The zero-order chi connectivity index (χ0) is 19.7. The molecule has 27 heavy (non-hydrogen) atoms. The maximum Gasteiger partial charge on any atom is 0.263 e. The largest absolute Gasteiger partial charge is 0.342 e. The smallest absolute Gasteiger partial charge is 0.263 e. The number of amides is 2. The summed E-state index contributed by atoms with van der Waals surface area (Å²) >= 11 is 25.6. The highest BCUT2D eigenvalue weighted by atomic mass is 35.5. The number of carbonyl (C=O) groups is 2. The van der Waals surface area contributed by atoms with Crippen LogP contribution in [0.25, 0.3) is 10.1 Å². The van der Waals surface area contributed by atoms with Crippen LogP contribution in [0, 0.1) is 6.92 Å². The Morgan fingerprint density at radius 3 is 2.56 bits per heavy atom. The van der Waals surface area contributed by atoms with Gasteiger partial charge in [0.1, 0.15) is 4.88 Å². The summed E-state index contributed by atoms with van der Waals surface area (Å²) < 4.78 is 0.696. The fraction of sp³-hybridized carbons (Fsp3) is 0.111. The van der Waals surface area contributed by atoms with Crippen LogP contribution in [0.4, 0.5) is 5.69 Å². The van der Waals surface area contributed by atoms with Crippen LogP contribution in [0.5, 0.6) is 0 Å². The summed E-state index contributed by atoms with van der Waals surface area (Å²) in [4.78, 5) is 24.8. The molecule has 0 saturated carbocycles. The van der Waals surface area contributed by atoms with E-state index in [-0.39, 0.29) is 22.4 Å². The molecule has 0 aliphatic carbocycles. The number of carbonyl (C=O) groups excluding carboxylic acids is 2. The first-order valence-corrected chi connectivity index (χ1v) is 10.0. The molecule has 0 aliphatic heterocycles. The minimum absolute atomic E-state index is 0.218. The number of hydrogen-bond acceptors (Lipinski definition) is 3. The van der Waals surface area contributed by atoms with Crippen LogP contribution >= 0.6 is 57.7 Å². The molecule has 4 nitrogen and oxygen atoms in total. The summed E-state index contributed by atoms with van der Waals surface area (Å²) in [6, 6.07) is 8.44. The summed E-state index contributed by atoms with van der Waals surface area (Å²) in [6.07, 6.45) is 0. The average Bonchev–Trinajstić information content (AvgIpc) is 2.93. The van der Waals surface area contributed by atoms with Gasteiger partial charge in [0, 0.05) is 25.8 Å². The standard InChI is InChI=1S/C18H12Cl4N2O2S/c1-8-10(20)3-2-4-12(8)24-14(25)7-23-18(26)17-16(22)15-11(21)5-9(19)6-13(15)27-17/h2-6H,7H2,1H3,(H,23,26)(H,24,25). The lowest BCUT2D eigenvalue weighted by Crippen LogP contribution is -2.32. The summed E-state index contributed by atoms with van der Waals surface area (Å²) in [5.41, 5.74) is 1.33. The van der Waals surface area contributed by atoms with Crippen LogP contribution < -0.4 is 10.6 Å². The zero-order valence-electron chi connectivity index (χ0n) is 13.8. The molecular formula is C18H12Cl4N2O2S. The Morgan fingerprint density at radius 1 is 1.07 bits per heavy atom. The molecule has 1 heterocycles. The van der Waals surface area contributed by atoms with E-state index in [2.05, 4.69) is 10.6 Å². The van der Waals surface area contributed by atoms with Crippen molar-refractivity contribution in [2.24, 2.45) is 0 Å². The molecule has 3 aromatic rings. The van der Waals surface area contributed by atoms with Gasteiger partial charge in [-0.25, -0.2) is 0 Å². The van der Waals surface area contributed by atoms with Crippen LogP contribution in [0.15, 0.2) is 30.3 Å². The fourth-order valence-corrected chi connectivity index (χ4v) is 4.91. The molecule has 2 N–H and O–H groups in total. The van der Waals surface area contributed by atoms with Gasteiger partial charge in [-0.2, -0.15) is 0 Å². The van der Waals surface area contributed by atoms with E-state index in [1.165, 1.54) is 0 Å². The van der Waals surface area contributed by atoms with E-state index in [0.29, 0.717) is 30.8 Å². The monoisotopic (exact) mass is 460 g/mol. The van der Waals surface area contributed by atoms with Crippen molar-refractivity contribution in [2.75, 3.05) is 11.9 Å². The van der Waals surface area contributed by atoms with Gasteiger partial charge in [0.25, 0.3) is 5.91 Å². The van der Waals surface area contributed by atoms with Crippen LogP contribution in [0.1, 0.15) is 15.2 Å². The first-order chi connectivity index (χ1) is 12.8. The van der Waals surface area contributed by atoms with Crippen molar-refractivity contribution in [1.82, 2.24) is 5.32 Å². The predicted molar refractivity (Wildman–Crippen MR) is 114 cm³/mol. The molecular weight excluding hydrogens is 450 g/mol. The second-order valence-electron chi connectivity index (χ2n) is 5.65. The van der Waals surface area contributed by atoms with E-state index >= 15 is 0 Å². The highest BCUT2D eigenvalue weighted by Gasteiger charge is 2.20. The van der Waals surface area contributed by atoms with Gasteiger partial charge in [0.15, 0.2) is 0 Å². The molecule has 0 fully saturated rings. The van der Waals surface area contributed by atoms with E-state index in [1.54, 1.807) is 37.3 Å². The lowest BCUT2D eigenvalue weighted by atomic mass is 10.2. The predicted octanol–water partition coefficient (Wildman–Crippen LogP) is 6.19. The lowest BCUT2D eigenvalue weighted by molar-refractivity contribution is -0.115. The number of benzene rings is 2. The molecule has 3 rings (SSSR count). The third kappa shape index (κ3) is 4.33. The topological polar surface area (TPSA) is 58.2 Å². The molecule has 0 radical (unpaired) electrons. The van der Waals surface area contributed by atoms with Gasteiger partial charge >= 0.3 is 0 Å². The molecule has 140 valence electrons. The van der Waals surface area contributed by atoms with Gasteiger partial charge in [0.05, 0.1) is 16.6 Å². The first-order valence-electron chi connectivity index (χ1n) is 7.68. The number of anilines is 1. The first kappa shape index (κ1) is 20.2. The SMILES string of the molecule is Cc1c(Cl)cccc1NC(=O)CNC(=O)c1sc2cc(Cl)cc(Cl)c2c1Cl. The van der Waals surface area contributed by atoms with Gasteiger partial charge in [-0.1, -0.05) is 52.5 Å². The Hall–Kier alpha value is -1.50. The highest BCUT2D eigenvalue weighted by Crippen LogP contribution is 2.41. The van der Waals surface area contributed by atoms with Crippen LogP contribution in [0.3, 0.4) is 0 Å². The molecule has 0 unspecified atom stereocenters. The minimum atomic E-state index is -0.466. The fourth-order valence-electron chi connectivity index (χ4n) is 2.44. The Kier molecular flexibility index (Phi) is 6.18. The number of halogens is 4. The molecule has 9 heteroatoms. The van der Waals surface area contributed by atoms with E-state index in [9.17, 15) is 9.59 Å². The summed E-state index contributed by atoms with van der Waals surface area (Å²) in [7, 11) is 0. The quantitative estimate of drug-likeness (QED) is 0.486. The molecule has 0 aliphatic rings. The Morgan fingerprint density at radius 2 is 1.81 bits per heavy atom. The molecule has 2 aromatic carbocycles. The van der Waals surface area contributed by atoms with E-state index in [0.717, 1.165) is 16.9 Å². The normalized spacial score (nSPS) is 10.9. The minimum Gasteiger partial charge on any atom is -0.342 e. The lowest BCUT2D eigenvalue weighted by Gasteiger charge is -2.10. The molecule has 2 amide bonds. The maximum absolute atomic E-state index is 12.4. The molecule has 0 bridgehead atoms. The maximum atomic E-state index is 12.4. The summed E-state index contributed by atoms with van der Waals surface area (Å²) in [5.74, 6) is -0.849. The van der Waals surface area contributed by atoms with Crippen molar-refractivity contribution >= 4 is 85.3 Å². The van der Waals surface area contributed by atoms with Crippen LogP contribution in [-0.2, 0) is 4.79 Å². The Bertz CT molecular complexity index is 1070. The number of thiophene rings is 1. The van der Waals surface area contributed by atoms with Gasteiger partial charge in [-0.3, -0.25) is 9.59 Å². The van der Waals surface area contributed by atoms with Crippen molar-refractivity contribution in [3.63, 3.8) is 0 Å². The van der Waals surface area contributed by atoms with Gasteiger partial charge in [-0.15, -0.1) is 11.3 Å². The van der Waals surface area contributed by atoms with Gasteiger partial charge in [-0.05, 0) is 36.8 Å². The number of hydrogen-bond donors (Lipinski definition) is 2. The van der Waals surface area contributed by atoms with E-state index < -0.39 is 5.91 Å². The summed E-state index contributed by atoms with van der Waals surface area (Å²) in [6.45, 7) is 1.58. The second kappa shape index (κ2) is 8.25. The van der Waals surface area contributed by atoms with Crippen molar-refractivity contribution in [3.05, 3.63) is 60.9 Å². The van der Waals surface area contributed by atoms with Gasteiger partial charge < -0.3 is 10.6 Å². The van der Waals surface area contributed by atoms with E-state index in [1.807, 2.05) is 0 Å². The van der Waals surface area contributed by atoms with Crippen molar-refractivity contribution in [3.8, 4) is 0 Å². The van der Waals surface area contributed by atoms with Crippen molar-refractivity contribution in [1.29, 1.82) is 0 Å². The highest BCUT2D eigenvalue weighted by molar-refractivity contribution is 7.21. The average molecular weight is 462 g/mol. The molecule has 1 aromatic heterocycles. The molecule has 0 saturated heterocycles. The van der Waals surface area contributed by atoms with Crippen LogP contribution in [0.2, 0.25) is 20.1 Å². The number of fused-ring (bicyclic) bond motifs is 1. The van der Waals surface area contributed by atoms with Gasteiger partial charge in [0.2, 0.25) is 5.91 Å². The third-order valence-electron chi connectivity index (χ3n) is 3.81.